The largest absolute Gasteiger partial charge is 0.391 e. The summed E-state index contributed by atoms with van der Waals surface area (Å²) >= 11 is 0. The minimum atomic E-state index is 0.400. The lowest BCUT2D eigenvalue weighted by Gasteiger charge is -2.32. The van der Waals surface area contributed by atoms with Crippen molar-refractivity contribution in [2.75, 3.05) is 7.05 Å². The second-order valence-corrected chi connectivity index (χ2v) is 4.67. The maximum absolute atomic E-state index is 7.65. The number of nitrogens with one attached hydrogen (secondary N) is 2. The molecule has 0 bridgehead atoms. The van der Waals surface area contributed by atoms with Gasteiger partial charge in [-0.3, -0.25) is 0 Å². The highest BCUT2D eigenvalue weighted by Gasteiger charge is 2.26. The van der Waals surface area contributed by atoms with Gasteiger partial charge < -0.3 is 10.7 Å². The van der Waals surface area contributed by atoms with E-state index in [1.807, 2.05) is 14.0 Å². The summed E-state index contributed by atoms with van der Waals surface area (Å²) in [4.78, 5) is 0. The van der Waals surface area contributed by atoms with E-state index >= 15 is 0 Å². The molecule has 2 heteroatoms. The summed E-state index contributed by atoms with van der Waals surface area (Å²) in [5.74, 6) is 0. The average Bonchev–Trinajstić information content (AvgIpc) is 2.01. The Balaban J connectivity index is 2.92. The molecular formula is C11H20N2. The van der Waals surface area contributed by atoms with E-state index in [4.69, 9.17) is 5.41 Å². The van der Waals surface area contributed by atoms with Crippen LogP contribution < -0.4 is 5.32 Å². The maximum atomic E-state index is 7.65. The van der Waals surface area contributed by atoms with Crippen molar-refractivity contribution in [3.63, 3.8) is 0 Å². The molecule has 13 heavy (non-hydrogen) atoms. The van der Waals surface area contributed by atoms with E-state index in [0.29, 0.717) is 5.41 Å². The van der Waals surface area contributed by atoms with Crippen LogP contribution in [-0.2, 0) is 0 Å². The van der Waals surface area contributed by atoms with Crippen LogP contribution in [0, 0.1) is 10.8 Å². The average molecular weight is 180 g/mol. The van der Waals surface area contributed by atoms with Gasteiger partial charge in [0, 0.05) is 18.5 Å². The first-order valence-corrected chi connectivity index (χ1v) is 4.91. The van der Waals surface area contributed by atoms with E-state index in [9.17, 15) is 0 Å². The summed E-state index contributed by atoms with van der Waals surface area (Å²) in [5.41, 5.74) is 3.61. The van der Waals surface area contributed by atoms with Gasteiger partial charge in [0.25, 0.3) is 0 Å². The van der Waals surface area contributed by atoms with Crippen molar-refractivity contribution in [1.29, 1.82) is 5.41 Å². The molecule has 0 spiro atoms. The van der Waals surface area contributed by atoms with Gasteiger partial charge in [0.2, 0.25) is 0 Å². The minimum absolute atomic E-state index is 0.400. The zero-order valence-corrected chi connectivity index (χ0v) is 9.12. The van der Waals surface area contributed by atoms with E-state index in [-0.39, 0.29) is 0 Å². The van der Waals surface area contributed by atoms with Crippen molar-refractivity contribution in [2.24, 2.45) is 5.41 Å². The number of rotatable bonds is 2. The summed E-state index contributed by atoms with van der Waals surface area (Å²) in [6, 6.07) is 0. The van der Waals surface area contributed by atoms with Gasteiger partial charge in [-0.1, -0.05) is 13.8 Å². The van der Waals surface area contributed by atoms with E-state index in [2.05, 4.69) is 19.2 Å². The molecule has 1 aliphatic rings. The van der Waals surface area contributed by atoms with Crippen LogP contribution in [0.1, 0.15) is 40.0 Å². The highest BCUT2D eigenvalue weighted by Crippen LogP contribution is 2.37. The summed E-state index contributed by atoms with van der Waals surface area (Å²) < 4.78 is 0. The van der Waals surface area contributed by atoms with Gasteiger partial charge in [0.15, 0.2) is 0 Å². The summed E-state index contributed by atoms with van der Waals surface area (Å²) in [6.45, 7) is 6.46. The first-order chi connectivity index (χ1) is 5.96. The summed E-state index contributed by atoms with van der Waals surface area (Å²) in [5, 5.41) is 10.9. The van der Waals surface area contributed by atoms with Crippen LogP contribution in [0.25, 0.3) is 0 Å². The molecule has 1 aliphatic carbocycles. The molecule has 0 aromatic heterocycles. The fourth-order valence-electron chi connectivity index (χ4n) is 1.94. The molecule has 0 unspecified atom stereocenters. The Bertz CT molecular complexity index is 249. The van der Waals surface area contributed by atoms with Crippen LogP contribution in [0.2, 0.25) is 0 Å². The van der Waals surface area contributed by atoms with E-state index < -0.39 is 0 Å². The second-order valence-electron chi connectivity index (χ2n) is 4.67. The molecule has 1 rings (SSSR count). The molecule has 0 atom stereocenters. The highest BCUT2D eigenvalue weighted by molar-refractivity contribution is 5.96. The molecule has 0 radical (unpaired) electrons. The second kappa shape index (κ2) is 3.52. The molecule has 0 amide bonds. The molecule has 0 saturated carbocycles. The van der Waals surface area contributed by atoms with E-state index in [1.54, 1.807) is 0 Å². The van der Waals surface area contributed by atoms with E-state index in [0.717, 1.165) is 18.6 Å². The van der Waals surface area contributed by atoms with Crippen LogP contribution in [0.3, 0.4) is 0 Å². The third kappa shape index (κ3) is 2.33. The van der Waals surface area contributed by atoms with Crippen molar-refractivity contribution in [2.45, 2.75) is 40.0 Å². The fraction of sp³-hybridized carbons (Fsp3) is 0.727. The quantitative estimate of drug-likeness (QED) is 0.630. The van der Waals surface area contributed by atoms with Crippen LogP contribution in [0.4, 0.5) is 0 Å². The Morgan fingerprint density at radius 1 is 1.46 bits per heavy atom. The van der Waals surface area contributed by atoms with Crippen molar-refractivity contribution >= 4 is 5.71 Å². The van der Waals surface area contributed by atoms with Crippen molar-refractivity contribution in [3.8, 4) is 0 Å². The third-order valence-electron chi connectivity index (χ3n) is 2.83. The van der Waals surface area contributed by atoms with Crippen LogP contribution in [0.15, 0.2) is 11.3 Å². The van der Waals surface area contributed by atoms with E-state index in [1.165, 1.54) is 17.7 Å². The molecular weight excluding hydrogens is 160 g/mol. The highest BCUT2D eigenvalue weighted by atomic mass is 14.8. The van der Waals surface area contributed by atoms with Crippen LogP contribution in [0.5, 0.6) is 0 Å². The SMILES string of the molecule is CNC1=C(C(C)=N)CCC(C)(C)C1. The Morgan fingerprint density at radius 2 is 2.08 bits per heavy atom. The van der Waals surface area contributed by atoms with Gasteiger partial charge in [-0.25, -0.2) is 0 Å². The zero-order valence-electron chi connectivity index (χ0n) is 9.12. The number of hydrogen-bond donors (Lipinski definition) is 2. The molecule has 0 heterocycles. The van der Waals surface area contributed by atoms with Gasteiger partial charge in [-0.15, -0.1) is 0 Å². The standard InChI is InChI=1S/C11H20N2/c1-8(12)9-5-6-11(2,3)7-10(9)13-4/h12-13H,5-7H2,1-4H3. The lowest BCUT2D eigenvalue weighted by Crippen LogP contribution is -2.26. The van der Waals surface area contributed by atoms with Gasteiger partial charge in [0.1, 0.15) is 0 Å². The molecule has 0 fully saturated rings. The molecule has 0 aromatic carbocycles. The molecule has 2 nitrogen and oxygen atoms in total. The van der Waals surface area contributed by atoms with Gasteiger partial charge in [-0.2, -0.15) is 0 Å². The fourth-order valence-corrected chi connectivity index (χ4v) is 1.94. The predicted molar refractivity (Wildman–Crippen MR) is 57.1 cm³/mol. The molecule has 74 valence electrons. The summed E-state index contributed by atoms with van der Waals surface area (Å²) in [6.07, 6.45) is 3.33. The van der Waals surface area contributed by atoms with Crippen molar-refractivity contribution in [3.05, 3.63) is 11.3 Å². The van der Waals surface area contributed by atoms with Gasteiger partial charge >= 0.3 is 0 Å². The normalized spacial score (nSPS) is 21.5. The summed E-state index contributed by atoms with van der Waals surface area (Å²) in [7, 11) is 1.96. The van der Waals surface area contributed by atoms with Crippen molar-refractivity contribution < 1.29 is 0 Å². The maximum Gasteiger partial charge on any atom is 0.0332 e. The van der Waals surface area contributed by atoms with Gasteiger partial charge in [-0.05, 0) is 37.2 Å². The van der Waals surface area contributed by atoms with Crippen LogP contribution >= 0.6 is 0 Å². The smallest absolute Gasteiger partial charge is 0.0332 e. The lowest BCUT2D eigenvalue weighted by molar-refractivity contribution is 0.310. The van der Waals surface area contributed by atoms with Gasteiger partial charge in [0.05, 0.1) is 0 Å². The molecule has 2 N–H and O–H groups in total. The third-order valence-corrected chi connectivity index (χ3v) is 2.83. The first-order valence-electron chi connectivity index (χ1n) is 4.91. The Labute approximate surface area is 80.9 Å². The minimum Gasteiger partial charge on any atom is -0.391 e. The monoisotopic (exact) mass is 180 g/mol. The Kier molecular flexibility index (Phi) is 2.79. The molecule has 0 aliphatic heterocycles. The Morgan fingerprint density at radius 3 is 2.54 bits per heavy atom. The zero-order chi connectivity index (χ0) is 10.1. The molecule has 0 saturated heterocycles. The molecule has 0 aromatic rings. The number of allylic oxidation sites excluding steroid dienone is 2. The number of hydrogen-bond acceptors (Lipinski definition) is 2. The predicted octanol–water partition coefficient (Wildman–Crippen LogP) is 2.71. The lowest BCUT2D eigenvalue weighted by atomic mass is 9.76. The topological polar surface area (TPSA) is 35.9 Å². The van der Waals surface area contributed by atoms with Crippen LogP contribution in [-0.4, -0.2) is 12.8 Å². The van der Waals surface area contributed by atoms with Crippen molar-refractivity contribution in [1.82, 2.24) is 5.32 Å². The Hall–Kier alpha value is -0.790. The first kappa shape index (κ1) is 10.3.